The van der Waals surface area contributed by atoms with E-state index in [1.807, 2.05) is 31.2 Å². The summed E-state index contributed by atoms with van der Waals surface area (Å²) in [7, 11) is -3.52. The van der Waals surface area contributed by atoms with Gasteiger partial charge in [-0.05, 0) is 55.5 Å². The number of hydrogen-bond donors (Lipinski definition) is 0. The first-order chi connectivity index (χ1) is 13.0. The van der Waals surface area contributed by atoms with Crippen molar-refractivity contribution in [1.29, 1.82) is 0 Å². The Bertz CT molecular complexity index is 920. The molecule has 2 aromatic carbocycles. The van der Waals surface area contributed by atoms with E-state index in [4.69, 9.17) is 14.2 Å². The molecular formula is C20H23NO5S. The molecule has 0 amide bonds. The molecule has 6 nitrogen and oxygen atoms in total. The highest BCUT2D eigenvalue weighted by Gasteiger charge is 2.31. The molecule has 0 unspecified atom stereocenters. The van der Waals surface area contributed by atoms with Crippen molar-refractivity contribution in [2.75, 3.05) is 26.5 Å². The van der Waals surface area contributed by atoms with Crippen LogP contribution in [-0.4, -0.2) is 39.2 Å². The lowest BCUT2D eigenvalue weighted by molar-refractivity contribution is 0.174. The zero-order valence-corrected chi connectivity index (χ0v) is 16.1. The number of ether oxygens (including phenoxy) is 3. The zero-order chi connectivity index (χ0) is 18.9. The maximum Gasteiger partial charge on any atom is 0.243 e. The van der Waals surface area contributed by atoms with Gasteiger partial charge in [-0.1, -0.05) is 12.1 Å². The van der Waals surface area contributed by atoms with Gasteiger partial charge < -0.3 is 14.2 Å². The van der Waals surface area contributed by atoms with Crippen molar-refractivity contribution >= 4 is 10.0 Å². The molecular weight excluding hydrogens is 366 g/mol. The van der Waals surface area contributed by atoms with E-state index in [9.17, 15) is 8.42 Å². The van der Waals surface area contributed by atoms with Crippen LogP contribution in [0.4, 0.5) is 0 Å². The second-order valence-corrected chi connectivity index (χ2v) is 8.93. The van der Waals surface area contributed by atoms with Gasteiger partial charge in [0.1, 0.15) is 5.75 Å². The average molecular weight is 389 g/mol. The molecule has 0 radical (unpaired) electrons. The number of nitrogens with zero attached hydrogens (tertiary/aromatic N) is 1. The van der Waals surface area contributed by atoms with E-state index in [-0.39, 0.29) is 11.7 Å². The van der Waals surface area contributed by atoms with Gasteiger partial charge in [-0.15, -0.1) is 0 Å². The van der Waals surface area contributed by atoms with Crippen LogP contribution in [0.5, 0.6) is 17.2 Å². The smallest absolute Gasteiger partial charge is 0.243 e. The van der Waals surface area contributed by atoms with E-state index in [1.165, 1.54) is 0 Å². The molecule has 1 fully saturated rings. The van der Waals surface area contributed by atoms with Crippen LogP contribution in [0.3, 0.4) is 0 Å². The fourth-order valence-corrected chi connectivity index (χ4v) is 4.91. The number of benzene rings is 2. The summed E-state index contributed by atoms with van der Waals surface area (Å²) in [6.45, 7) is 3.77. The van der Waals surface area contributed by atoms with Crippen molar-refractivity contribution in [3.8, 4) is 17.2 Å². The Morgan fingerprint density at radius 1 is 1.07 bits per heavy atom. The summed E-state index contributed by atoms with van der Waals surface area (Å²) in [5, 5.41) is 0. The molecule has 0 N–H and O–H groups in total. The third-order valence-corrected chi connectivity index (χ3v) is 6.93. The predicted octanol–water partition coefficient (Wildman–Crippen LogP) is 3.20. The number of rotatable bonds is 5. The average Bonchev–Trinajstić information content (AvgIpc) is 3.15. The van der Waals surface area contributed by atoms with Crippen LogP contribution < -0.4 is 14.2 Å². The summed E-state index contributed by atoms with van der Waals surface area (Å²) in [6, 6.07) is 12.8. The van der Waals surface area contributed by atoms with E-state index in [0.29, 0.717) is 37.1 Å². The zero-order valence-electron chi connectivity index (χ0n) is 15.3. The maximum atomic E-state index is 12.9. The van der Waals surface area contributed by atoms with Crippen LogP contribution in [0.1, 0.15) is 18.4 Å². The van der Waals surface area contributed by atoms with Gasteiger partial charge >= 0.3 is 0 Å². The van der Waals surface area contributed by atoms with Crippen LogP contribution in [-0.2, 0) is 10.0 Å². The standard InChI is InChI=1S/C20H23NO5S/c1-15-3-2-4-17(11-15)24-13-16-7-9-21(10-8-16)27(22,23)18-5-6-19-20(12-18)26-14-25-19/h2-6,11-12,16H,7-10,13-14H2,1H3. The summed E-state index contributed by atoms with van der Waals surface area (Å²) in [5.41, 5.74) is 1.16. The first-order valence-electron chi connectivity index (χ1n) is 9.12. The number of hydrogen-bond acceptors (Lipinski definition) is 5. The lowest BCUT2D eigenvalue weighted by Gasteiger charge is -2.31. The lowest BCUT2D eigenvalue weighted by Crippen LogP contribution is -2.39. The molecule has 0 bridgehead atoms. The first-order valence-corrected chi connectivity index (χ1v) is 10.6. The van der Waals surface area contributed by atoms with Gasteiger partial charge in [0.05, 0.1) is 11.5 Å². The van der Waals surface area contributed by atoms with Gasteiger partial charge in [0.15, 0.2) is 11.5 Å². The number of fused-ring (bicyclic) bond motifs is 1. The van der Waals surface area contributed by atoms with Crippen molar-refractivity contribution in [3.63, 3.8) is 0 Å². The predicted molar refractivity (Wildman–Crippen MR) is 101 cm³/mol. The summed E-state index contributed by atoms with van der Waals surface area (Å²) in [6.07, 6.45) is 1.57. The van der Waals surface area contributed by atoms with Crippen molar-refractivity contribution in [2.45, 2.75) is 24.7 Å². The Labute approximate surface area is 159 Å². The molecule has 2 aliphatic heterocycles. The molecule has 0 aromatic heterocycles. The largest absolute Gasteiger partial charge is 0.493 e. The van der Waals surface area contributed by atoms with Crippen molar-refractivity contribution in [2.24, 2.45) is 5.92 Å². The minimum Gasteiger partial charge on any atom is -0.493 e. The molecule has 1 saturated heterocycles. The second-order valence-electron chi connectivity index (χ2n) is 6.99. The van der Waals surface area contributed by atoms with Gasteiger partial charge in [0, 0.05) is 19.2 Å². The number of piperidine rings is 1. The van der Waals surface area contributed by atoms with Gasteiger partial charge in [-0.3, -0.25) is 0 Å². The fourth-order valence-electron chi connectivity index (χ4n) is 3.42. The fraction of sp³-hybridized carbons (Fsp3) is 0.400. The lowest BCUT2D eigenvalue weighted by atomic mass is 9.99. The molecule has 2 aliphatic rings. The third-order valence-electron chi connectivity index (χ3n) is 5.03. The Balaban J connectivity index is 1.35. The monoisotopic (exact) mass is 389 g/mol. The third kappa shape index (κ3) is 3.89. The highest BCUT2D eigenvalue weighted by molar-refractivity contribution is 7.89. The minimum absolute atomic E-state index is 0.130. The molecule has 0 spiro atoms. The molecule has 0 saturated carbocycles. The Morgan fingerprint density at radius 2 is 1.85 bits per heavy atom. The van der Waals surface area contributed by atoms with E-state index in [1.54, 1.807) is 22.5 Å². The van der Waals surface area contributed by atoms with E-state index in [2.05, 4.69) is 0 Å². The van der Waals surface area contributed by atoms with Crippen LogP contribution in [0.2, 0.25) is 0 Å². The summed E-state index contributed by atoms with van der Waals surface area (Å²) in [4.78, 5) is 0.251. The van der Waals surface area contributed by atoms with Crippen molar-refractivity contribution in [1.82, 2.24) is 4.31 Å². The van der Waals surface area contributed by atoms with Gasteiger partial charge in [0.2, 0.25) is 16.8 Å². The van der Waals surface area contributed by atoms with Crippen molar-refractivity contribution < 1.29 is 22.6 Å². The SMILES string of the molecule is Cc1cccc(OCC2CCN(S(=O)(=O)c3ccc4c(c3)OCO4)CC2)c1. The van der Waals surface area contributed by atoms with E-state index >= 15 is 0 Å². The van der Waals surface area contributed by atoms with Gasteiger partial charge in [-0.2, -0.15) is 4.31 Å². The molecule has 2 heterocycles. The molecule has 7 heteroatoms. The van der Waals surface area contributed by atoms with E-state index in [0.717, 1.165) is 24.2 Å². The molecule has 4 rings (SSSR count). The van der Waals surface area contributed by atoms with Gasteiger partial charge in [-0.25, -0.2) is 8.42 Å². The Morgan fingerprint density at radius 3 is 2.63 bits per heavy atom. The Kier molecular flexibility index (Phi) is 4.97. The van der Waals surface area contributed by atoms with Gasteiger partial charge in [0.25, 0.3) is 0 Å². The van der Waals surface area contributed by atoms with Crippen LogP contribution >= 0.6 is 0 Å². The highest BCUT2D eigenvalue weighted by atomic mass is 32.2. The number of aryl methyl sites for hydroxylation is 1. The minimum atomic E-state index is -3.52. The quantitative estimate of drug-likeness (QED) is 0.786. The summed E-state index contributed by atoms with van der Waals surface area (Å²) >= 11 is 0. The van der Waals surface area contributed by atoms with Crippen LogP contribution in [0, 0.1) is 12.8 Å². The Hall–Kier alpha value is -2.25. The maximum absolute atomic E-state index is 12.9. The molecule has 2 aromatic rings. The van der Waals surface area contributed by atoms with Crippen molar-refractivity contribution in [3.05, 3.63) is 48.0 Å². The molecule has 0 aliphatic carbocycles. The van der Waals surface area contributed by atoms with E-state index < -0.39 is 10.0 Å². The second kappa shape index (κ2) is 7.40. The highest BCUT2D eigenvalue weighted by Crippen LogP contribution is 2.35. The van der Waals surface area contributed by atoms with Crippen LogP contribution in [0.15, 0.2) is 47.4 Å². The molecule has 0 atom stereocenters. The number of sulfonamides is 1. The molecule has 27 heavy (non-hydrogen) atoms. The summed E-state index contributed by atoms with van der Waals surface area (Å²) in [5.74, 6) is 2.29. The molecule has 144 valence electrons. The normalized spacial score (nSPS) is 17.8. The summed E-state index contributed by atoms with van der Waals surface area (Å²) < 4.78 is 43.8. The first kappa shape index (κ1) is 18.1. The van der Waals surface area contributed by atoms with Crippen LogP contribution in [0.25, 0.3) is 0 Å². The topological polar surface area (TPSA) is 65.1 Å².